The molecule has 0 amide bonds. The van der Waals surface area contributed by atoms with Crippen molar-refractivity contribution in [2.24, 2.45) is 0 Å². The summed E-state index contributed by atoms with van der Waals surface area (Å²) in [5, 5.41) is 0. The monoisotopic (exact) mass is 356 g/mol. The van der Waals surface area contributed by atoms with Crippen LogP contribution in [0.5, 0.6) is 5.75 Å². The highest BCUT2D eigenvalue weighted by Gasteiger charge is 2.34. The number of methoxy groups -OCH3 is 2. The van der Waals surface area contributed by atoms with Crippen LogP contribution in [0, 0.1) is 0 Å². The van der Waals surface area contributed by atoms with Crippen molar-refractivity contribution in [2.45, 2.75) is 19.4 Å². The number of carbonyl (C=O) groups excluding carboxylic acids is 1. The SMILES string of the molecule is COC(=O)c1cc(N2CCN(c3ccc(OC)cc3)C(C)(C)C2)ncn1. The van der Waals surface area contributed by atoms with Crippen LogP contribution in [0.25, 0.3) is 0 Å². The van der Waals surface area contributed by atoms with E-state index in [0.717, 1.165) is 36.9 Å². The van der Waals surface area contributed by atoms with Crippen LogP contribution in [0.2, 0.25) is 0 Å². The minimum Gasteiger partial charge on any atom is -0.497 e. The molecule has 2 aromatic rings. The fraction of sp³-hybridized carbons (Fsp3) is 0.421. The maximum Gasteiger partial charge on any atom is 0.356 e. The Morgan fingerprint density at radius 2 is 1.85 bits per heavy atom. The summed E-state index contributed by atoms with van der Waals surface area (Å²) in [7, 11) is 3.02. The lowest BCUT2D eigenvalue weighted by molar-refractivity contribution is 0.0594. The van der Waals surface area contributed by atoms with Crippen LogP contribution < -0.4 is 14.5 Å². The highest BCUT2D eigenvalue weighted by Crippen LogP contribution is 2.30. The minimum atomic E-state index is -0.454. The molecule has 0 unspecified atom stereocenters. The molecule has 1 aromatic heterocycles. The Morgan fingerprint density at radius 1 is 1.12 bits per heavy atom. The zero-order valence-electron chi connectivity index (χ0n) is 15.6. The van der Waals surface area contributed by atoms with Crippen LogP contribution >= 0.6 is 0 Å². The first-order valence-electron chi connectivity index (χ1n) is 8.51. The Labute approximate surface area is 153 Å². The number of ether oxygens (including phenoxy) is 2. The van der Waals surface area contributed by atoms with Gasteiger partial charge in [0.2, 0.25) is 0 Å². The van der Waals surface area contributed by atoms with Gasteiger partial charge in [0.05, 0.1) is 19.8 Å². The van der Waals surface area contributed by atoms with Gasteiger partial charge in [-0.2, -0.15) is 0 Å². The number of benzene rings is 1. The van der Waals surface area contributed by atoms with Crippen LogP contribution in [0.3, 0.4) is 0 Å². The summed E-state index contributed by atoms with van der Waals surface area (Å²) in [5.41, 5.74) is 1.32. The summed E-state index contributed by atoms with van der Waals surface area (Å²) in [4.78, 5) is 24.6. The van der Waals surface area contributed by atoms with E-state index in [1.54, 1.807) is 13.2 Å². The first-order valence-corrected chi connectivity index (χ1v) is 8.51. The first kappa shape index (κ1) is 18.0. The average Bonchev–Trinajstić information content (AvgIpc) is 2.67. The van der Waals surface area contributed by atoms with Crippen molar-refractivity contribution >= 4 is 17.5 Å². The zero-order chi connectivity index (χ0) is 18.7. The number of hydrogen-bond donors (Lipinski definition) is 0. The fourth-order valence-electron chi connectivity index (χ4n) is 3.33. The number of nitrogens with zero attached hydrogens (tertiary/aromatic N) is 4. The molecule has 0 atom stereocenters. The van der Waals surface area contributed by atoms with Gasteiger partial charge >= 0.3 is 5.97 Å². The second-order valence-corrected chi connectivity index (χ2v) is 6.84. The molecule has 0 aliphatic carbocycles. The van der Waals surface area contributed by atoms with Gasteiger partial charge in [-0.1, -0.05) is 0 Å². The first-order chi connectivity index (χ1) is 12.4. The predicted molar refractivity (Wildman–Crippen MR) is 100 cm³/mol. The molecule has 1 saturated heterocycles. The number of piperazine rings is 1. The molecule has 0 saturated carbocycles. The maximum absolute atomic E-state index is 11.7. The Morgan fingerprint density at radius 3 is 2.46 bits per heavy atom. The Hall–Kier alpha value is -2.83. The maximum atomic E-state index is 11.7. The number of aromatic nitrogens is 2. The highest BCUT2D eigenvalue weighted by atomic mass is 16.5. The predicted octanol–water partition coefficient (Wildman–Crippen LogP) is 2.38. The topological polar surface area (TPSA) is 67.8 Å². The Balaban J connectivity index is 1.79. The summed E-state index contributed by atoms with van der Waals surface area (Å²) in [5.74, 6) is 1.13. The third kappa shape index (κ3) is 3.56. The minimum absolute atomic E-state index is 0.108. The third-order valence-corrected chi connectivity index (χ3v) is 4.66. The van der Waals surface area contributed by atoms with Gasteiger partial charge in [0.15, 0.2) is 5.69 Å². The van der Waals surface area contributed by atoms with E-state index in [2.05, 4.69) is 45.7 Å². The van der Waals surface area contributed by atoms with Gasteiger partial charge in [-0.05, 0) is 38.1 Å². The van der Waals surface area contributed by atoms with Gasteiger partial charge < -0.3 is 19.3 Å². The van der Waals surface area contributed by atoms with Gasteiger partial charge in [0, 0.05) is 31.4 Å². The van der Waals surface area contributed by atoms with E-state index in [4.69, 9.17) is 9.47 Å². The van der Waals surface area contributed by atoms with E-state index in [9.17, 15) is 4.79 Å². The molecule has 3 rings (SSSR count). The summed E-state index contributed by atoms with van der Waals surface area (Å²) in [6.07, 6.45) is 1.41. The molecule has 7 heteroatoms. The van der Waals surface area contributed by atoms with E-state index in [0.29, 0.717) is 0 Å². The second-order valence-electron chi connectivity index (χ2n) is 6.84. The molecule has 0 N–H and O–H groups in total. The lowest BCUT2D eigenvalue weighted by Gasteiger charge is -2.49. The van der Waals surface area contributed by atoms with Crippen LogP contribution in [0.15, 0.2) is 36.7 Å². The molecule has 138 valence electrons. The van der Waals surface area contributed by atoms with Crippen LogP contribution in [-0.4, -0.2) is 55.3 Å². The van der Waals surface area contributed by atoms with Gasteiger partial charge in [0.25, 0.3) is 0 Å². The second kappa shape index (κ2) is 7.19. The van der Waals surface area contributed by atoms with Crippen LogP contribution in [0.1, 0.15) is 24.3 Å². The van der Waals surface area contributed by atoms with E-state index >= 15 is 0 Å². The third-order valence-electron chi connectivity index (χ3n) is 4.66. The normalized spacial score (nSPS) is 16.3. The van der Waals surface area contributed by atoms with Crippen LogP contribution in [0.4, 0.5) is 11.5 Å². The molecule has 1 aromatic carbocycles. The smallest absolute Gasteiger partial charge is 0.356 e. The van der Waals surface area contributed by atoms with Gasteiger partial charge in [0.1, 0.15) is 17.9 Å². The molecule has 0 radical (unpaired) electrons. The summed E-state index contributed by atoms with van der Waals surface area (Å²) in [6, 6.07) is 9.80. The van der Waals surface area contributed by atoms with Crippen LogP contribution in [-0.2, 0) is 4.74 Å². The fourth-order valence-corrected chi connectivity index (χ4v) is 3.33. The van der Waals surface area contributed by atoms with E-state index < -0.39 is 5.97 Å². The van der Waals surface area contributed by atoms with Crippen molar-refractivity contribution in [2.75, 3.05) is 43.7 Å². The number of carbonyl (C=O) groups is 1. The number of hydrogen-bond acceptors (Lipinski definition) is 7. The standard InChI is InChI=1S/C19H24N4O3/c1-19(2)12-22(17-11-16(18(24)26-4)20-13-21-17)9-10-23(19)14-5-7-15(25-3)8-6-14/h5-8,11,13H,9-10,12H2,1-4H3. The van der Waals surface area contributed by atoms with Gasteiger partial charge in [-0.15, -0.1) is 0 Å². The van der Waals surface area contributed by atoms with Crippen molar-refractivity contribution in [1.82, 2.24) is 9.97 Å². The molecule has 1 aliphatic heterocycles. The summed E-state index contributed by atoms with van der Waals surface area (Å²) in [6.45, 7) is 6.82. The van der Waals surface area contributed by atoms with Gasteiger partial charge in [-0.3, -0.25) is 0 Å². The van der Waals surface area contributed by atoms with Crippen molar-refractivity contribution in [3.8, 4) is 5.75 Å². The highest BCUT2D eigenvalue weighted by molar-refractivity contribution is 5.87. The average molecular weight is 356 g/mol. The molecule has 1 fully saturated rings. The van der Waals surface area contributed by atoms with Crippen molar-refractivity contribution < 1.29 is 14.3 Å². The quantitative estimate of drug-likeness (QED) is 0.779. The molecule has 0 spiro atoms. The Bertz CT molecular complexity index is 777. The van der Waals surface area contributed by atoms with E-state index in [1.807, 2.05) is 12.1 Å². The molecule has 0 bridgehead atoms. The molecular formula is C19H24N4O3. The largest absolute Gasteiger partial charge is 0.497 e. The zero-order valence-corrected chi connectivity index (χ0v) is 15.6. The summed E-state index contributed by atoms with van der Waals surface area (Å²) >= 11 is 0. The molecule has 7 nitrogen and oxygen atoms in total. The number of anilines is 2. The lowest BCUT2D eigenvalue weighted by atomic mass is 9.97. The van der Waals surface area contributed by atoms with Gasteiger partial charge in [-0.25, -0.2) is 14.8 Å². The molecule has 26 heavy (non-hydrogen) atoms. The van der Waals surface area contributed by atoms with Crippen molar-refractivity contribution in [3.05, 3.63) is 42.4 Å². The number of esters is 1. The Kier molecular flexibility index (Phi) is 4.97. The van der Waals surface area contributed by atoms with E-state index in [1.165, 1.54) is 13.4 Å². The van der Waals surface area contributed by atoms with E-state index in [-0.39, 0.29) is 11.2 Å². The number of rotatable bonds is 4. The molecular weight excluding hydrogens is 332 g/mol. The molecule has 1 aliphatic rings. The molecule has 2 heterocycles. The summed E-state index contributed by atoms with van der Waals surface area (Å²) < 4.78 is 9.99. The van der Waals surface area contributed by atoms with Crippen molar-refractivity contribution in [1.29, 1.82) is 0 Å². The van der Waals surface area contributed by atoms with Crippen molar-refractivity contribution in [3.63, 3.8) is 0 Å². The lowest BCUT2D eigenvalue weighted by Crippen LogP contribution is -2.60.